The normalized spacial score (nSPS) is 15.9. The Morgan fingerprint density at radius 2 is 1.68 bits per heavy atom. The Kier molecular flexibility index (Phi) is 4.80. The Balaban J connectivity index is 1.43. The summed E-state index contributed by atoms with van der Waals surface area (Å²) in [5, 5.41) is 10.9. The number of rotatable bonds is 4. The molecule has 1 aliphatic rings. The second-order valence-corrected chi connectivity index (χ2v) is 6.59. The van der Waals surface area contributed by atoms with Crippen LogP contribution in [0.5, 0.6) is 5.75 Å². The minimum Gasteiger partial charge on any atom is -0.497 e. The van der Waals surface area contributed by atoms with E-state index in [9.17, 15) is 13.2 Å². The molecule has 0 N–H and O–H groups in total. The standard InChI is InChI=1S/C18H19F3N6O/c1-28-14-4-2-13(3-5-14)12-25-8-10-26(11-9-25)16-7-6-15-22-23-17(18(19,20)21)27(15)24-16/h2-7H,8-12H2,1H3. The van der Waals surface area contributed by atoms with Crippen LogP contribution in [0.4, 0.5) is 19.0 Å². The fraction of sp³-hybridized carbons (Fsp3) is 0.389. The van der Waals surface area contributed by atoms with Crippen molar-refractivity contribution in [1.82, 2.24) is 24.7 Å². The van der Waals surface area contributed by atoms with E-state index in [1.54, 1.807) is 13.2 Å². The molecule has 2 aromatic heterocycles. The second kappa shape index (κ2) is 7.27. The van der Waals surface area contributed by atoms with Crippen molar-refractivity contribution < 1.29 is 17.9 Å². The highest BCUT2D eigenvalue weighted by atomic mass is 19.4. The van der Waals surface area contributed by atoms with Gasteiger partial charge in [-0.2, -0.15) is 17.7 Å². The maximum Gasteiger partial charge on any atom is 0.453 e. The maximum absolute atomic E-state index is 13.0. The molecule has 1 saturated heterocycles. The summed E-state index contributed by atoms with van der Waals surface area (Å²) in [6, 6.07) is 11.1. The number of hydrogen-bond donors (Lipinski definition) is 0. The summed E-state index contributed by atoms with van der Waals surface area (Å²) in [6.07, 6.45) is -4.60. The largest absolute Gasteiger partial charge is 0.497 e. The number of fused-ring (bicyclic) bond motifs is 1. The van der Waals surface area contributed by atoms with E-state index in [0.717, 1.165) is 29.9 Å². The van der Waals surface area contributed by atoms with Gasteiger partial charge in [-0.05, 0) is 29.8 Å². The van der Waals surface area contributed by atoms with E-state index in [2.05, 4.69) is 20.2 Å². The Morgan fingerprint density at radius 3 is 2.32 bits per heavy atom. The second-order valence-electron chi connectivity index (χ2n) is 6.59. The molecule has 10 heteroatoms. The van der Waals surface area contributed by atoms with Crippen LogP contribution >= 0.6 is 0 Å². The summed E-state index contributed by atoms with van der Waals surface area (Å²) in [6.45, 7) is 3.75. The molecule has 0 amide bonds. The van der Waals surface area contributed by atoms with Crippen molar-refractivity contribution in [3.63, 3.8) is 0 Å². The molecule has 1 aliphatic heterocycles. The third-order valence-corrected chi connectivity index (χ3v) is 4.76. The molecule has 0 unspecified atom stereocenters. The molecule has 28 heavy (non-hydrogen) atoms. The number of hydrogen-bond acceptors (Lipinski definition) is 6. The summed E-state index contributed by atoms with van der Waals surface area (Å²) in [4.78, 5) is 4.28. The average molecular weight is 392 g/mol. The first-order chi connectivity index (χ1) is 13.4. The van der Waals surface area contributed by atoms with Gasteiger partial charge in [0, 0.05) is 32.7 Å². The Morgan fingerprint density at radius 1 is 0.964 bits per heavy atom. The smallest absolute Gasteiger partial charge is 0.453 e. The van der Waals surface area contributed by atoms with Crippen LogP contribution in [0.15, 0.2) is 36.4 Å². The van der Waals surface area contributed by atoms with Crippen molar-refractivity contribution in [3.8, 4) is 5.75 Å². The fourth-order valence-electron chi connectivity index (χ4n) is 3.25. The molecule has 0 atom stereocenters. The monoisotopic (exact) mass is 392 g/mol. The molecule has 4 rings (SSSR count). The topological polar surface area (TPSA) is 58.8 Å². The van der Waals surface area contributed by atoms with Gasteiger partial charge < -0.3 is 9.64 Å². The van der Waals surface area contributed by atoms with E-state index in [-0.39, 0.29) is 5.65 Å². The van der Waals surface area contributed by atoms with Gasteiger partial charge in [0.15, 0.2) is 5.65 Å². The van der Waals surface area contributed by atoms with Crippen LogP contribution in [-0.4, -0.2) is 58.0 Å². The van der Waals surface area contributed by atoms with Crippen LogP contribution < -0.4 is 9.64 Å². The molecule has 0 saturated carbocycles. The highest BCUT2D eigenvalue weighted by Gasteiger charge is 2.37. The molecule has 148 valence electrons. The number of ether oxygens (including phenoxy) is 1. The van der Waals surface area contributed by atoms with E-state index >= 15 is 0 Å². The van der Waals surface area contributed by atoms with Gasteiger partial charge in [0.1, 0.15) is 11.6 Å². The predicted octanol–water partition coefficient (Wildman–Crippen LogP) is 2.47. The first kappa shape index (κ1) is 18.5. The van der Waals surface area contributed by atoms with Crippen LogP contribution in [0, 0.1) is 0 Å². The molecule has 0 aliphatic carbocycles. The number of piperazine rings is 1. The van der Waals surface area contributed by atoms with Gasteiger partial charge in [0.2, 0.25) is 0 Å². The van der Waals surface area contributed by atoms with Crippen LogP contribution in [0.2, 0.25) is 0 Å². The number of nitrogens with zero attached hydrogens (tertiary/aromatic N) is 6. The molecule has 1 fully saturated rings. The molecular formula is C18H19F3N6O. The Labute approximate surface area is 159 Å². The lowest BCUT2D eigenvalue weighted by Crippen LogP contribution is -2.46. The number of methoxy groups -OCH3 is 1. The molecule has 3 heterocycles. The third kappa shape index (κ3) is 3.72. The summed E-state index contributed by atoms with van der Waals surface area (Å²) < 4.78 is 45.0. The fourth-order valence-corrected chi connectivity index (χ4v) is 3.25. The Bertz CT molecular complexity index is 948. The van der Waals surface area contributed by atoms with Crippen molar-refractivity contribution in [1.29, 1.82) is 0 Å². The van der Waals surface area contributed by atoms with Gasteiger partial charge in [0.25, 0.3) is 5.82 Å². The molecule has 0 bridgehead atoms. The molecule has 0 radical (unpaired) electrons. The van der Waals surface area contributed by atoms with E-state index < -0.39 is 12.0 Å². The lowest BCUT2D eigenvalue weighted by molar-refractivity contribution is -0.146. The highest BCUT2D eigenvalue weighted by molar-refractivity contribution is 5.46. The van der Waals surface area contributed by atoms with E-state index in [4.69, 9.17) is 4.74 Å². The van der Waals surface area contributed by atoms with Gasteiger partial charge in [-0.3, -0.25) is 4.90 Å². The zero-order chi connectivity index (χ0) is 19.7. The first-order valence-corrected chi connectivity index (χ1v) is 8.84. The molecule has 7 nitrogen and oxygen atoms in total. The highest BCUT2D eigenvalue weighted by Crippen LogP contribution is 2.28. The molecule has 1 aromatic carbocycles. The van der Waals surface area contributed by atoms with Crippen LogP contribution in [0.1, 0.15) is 11.4 Å². The lowest BCUT2D eigenvalue weighted by atomic mass is 10.2. The minimum atomic E-state index is -4.60. The van der Waals surface area contributed by atoms with Gasteiger partial charge in [-0.25, -0.2) is 0 Å². The van der Waals surface area contributed by atoms with Gasteiger partial charge in [-0.1, -0.05) is 12.1 Å². The van der Waals surface area contributed by atoms with E-state index in [1.165, 1.54) is 11.6 Å². The van der Waals surface area contributed by atoms with Crippen molar-refractivity contribution in [2.75, 3.05) is 38.2 Å². The predicted molar refractivity (Wildman–Crippen MR) is 96.3 cm³/mol. The number of alkyl halides is 3. The van der Waals surface area contributed by atoms with E-state index in [0.29, 0.717) is 18.9 Å². The van der Waals surface area contributed by atoms with Crippen molar-refractivity contribution in [2.24, 2.45) is 0 Å². The van der Waals surface area contributed by atoms with Gasteiger partial charge >= 0.3 is 6.18 Å². The molecule has 3 aromatic rings. The number of benzene rings is 1. The quantitative estimate of drug-likeness (QED) is 0.680. The zero-order valence-corrected chi connectivity index (χ0v) is 15.2. The summed E-state index contributed by atoms with van der Waals surface area (Å²) >= 11 is 0. The van der Waals surface area contributed by atoms with Crippen molar-refractivity contribution in [2.45, 2.75) is 12.7 Å². The summed E-state index contributed by atoms with van der Waals surface area (Å²) in [5.41, 5.74) is 1.27. The summed E-state index contributed by atoms with van der Waals surface area (Å²) in [7, 11) is 1.64. The molecule has 0 spiro atoms. The summed E-state index contributed by atoms with van der Waals surface area (Å²) in [5.74, 6) is 0.201. The van der Waals surface area contributed by atoms with Crippen molar-refractivity contribution in [3.05, 3.63) is 47.8 Å². The van der Waals surface area contributed by atoms with Gasteiger partial charge in [-0.15, -0.1) is 15.3 Å². The lowest BCUT2D eigenvalue weighted by Gasteiger charge is -2.35. The third-order valence-electron chi connectivity index (χ3n) is 4.76. The van der Waals surface area contributed by atoms with Crippen LogP contribution in [0.25, 0.3) is 5.65 Å². The van der Waals surface area contributed by atoms with Crippen molar-refractivity contribution >= 4 is 11.5 Å². The van der Waals surface area contributed by atoms with Gasteiger partial charge in [0.05, 0.1) is 7.11 Å². The number of aromatic nitrogens is 4. The number of halogens is 3. The molecular weight excluding hydrogens is 373 g/mol. The minimum absolute atomic E-state index is 0.0780. The zero-order valence-electron chi connectivity index (χ0n) is 15.2. The SMILES string of the molecule is COc1ccc(CN2CCN(c3ccc4nnc(C(F)(F)F)n4n3)CC2)cc1. The average Bonchev–Trinajstić information content (AvgIpc) is 3.13. The number of anilines is 1. The maximum atomic E-state index is 13.0. The first-order valence-electron chi connectivity index (χ1n) is 8.84. The van der Waals surface area contributed by atoms with Crippen LogP contribution in [-0.2, 0) is 12.7 Å². The Hall–Kier alpha value is -2.88. The van der Waals surface area contributed by atoms with E-state index in [1.807, 2.05) is 29.2 Å². The van der Waals surface area contributed by atoms with Crippen LogP contribution in [0.3, 0.4) is 0 Å².